The standard InChI is InChI=1S/C32H40N2O2S/c1-21-9-10-24(4)27(16-21)20-34-28-7-5-6-8-29(28)37-30(32(34)36)17-25-11-13-26(14-12-25)31(35)33-18-22(2)15-23(3)19-33/h9-14,16-17,22-23,28-29H,5-8,15,18-20H2,1-4H3/b30-17-. The second kappa shape index (κ2) is 11.1. The quantitative estimate of drug-likeness (QED) is 0.417. The Hall–Kier alpha value is -2.53. The van der Waals surface area contributed by atoms with Crippen molar-refractivity contribution in [2.45, 2.75) is 77.6 Å². The fourth-order valence-corrected chi connectivity index (χ4v) is 7.87. The minimum absolute atomic E-state index is 0.116. The number of carbonyl (C=O) groups excluding carboxylic acids is 2. The molecule has 2 aromatic carbocycles. The predicted molar refractivity (Wildman–Crippen MR) is 153 cm³/mol. The van der Waals surface area contributed by atoms with Gasteiger partial charge in [0.2, 0.25) is 0 Å². The zero-order valence-electron chi connectivity index (χ0n) is 22.7. The smallest absolute Gasteiger partial charge is 0.260 e. The van der Waals surface area contributed by atoms with E-state index in [2.05, 4.69) is 50.8 Å². The van der Waals surface area contributed by atoms with Crippen LogP contribution in [0.5, 0.6) is 0 Å². The summed E-state index contributed by atoms with van der Waals surface area (Å²) in [6.07, 6.45) is 7.89. The first-order chi connectivity index (χ1) is 17.8. The van der Waals surface area contributed by atoms with E-state index in [0.29, 0.717) is 29.7 Å². The zero-order valence-corrected chi connectivity index (χ0v) is 23.5. The van der Waals surface area contributed by atoms with Crippen molar-refractivity contribution in [2.75, 3.05) is 13.1 Å². The third-order valence-corrected chi connectivity index (χ3v) is 9.67. The molecular formula is C32H40N2O2S. The van der Waals surface area contributed by atoms with Crippen molar-refractivity contribution in [3.63, 3.8) is 0 Å². The number of piperidine rings is 1. The summed E-state index contributed by atoms with van der Waals surface area (Å²) in [7, 11) is 0. The molecule has 1 saturated carbocycles. The number of hydrogen-bond donors (Lipinski definition) is 0. The third kappa shape index (κ3) is 5.82. The molecule has 0 bridgehead atoms. The monoisotopic (exact) mass is 516 g/mol. The van der Waals surface area contributed by atoms with Gasteiger partial charge in [-0.15, -0.1) is 11.8 Å². The minimum atomic E-state index is 0.116. The number of aryl methyl sites for hydroxylation is 2. The maximum absolute atomic E-state index is 13.8. The van der Waals surface area contributed by atoms with Crippen molar-refractivity contribution >= 4 is 29.7 Å². The molecule has 2 heterocycles. The molecule has 37 heavy (non-hydrogen) atoms. The summed E-state index contributed by atoms with van der Waals surface area (Å²) < 4.78 is 0. The Morgan fingerprint density at radius 1 is 1.00 bits per heavy atom. The van der Waals surface area contributed by atoms with Crippen molar-refractivity contribution in [1.82, 2.24) is 9.80 Å². The van der Waals surface area contributed by atoms with Gasteiger partial charge in [0.05, 0.1) is 4.91 Å². The Bertz CT molecular complexity index is 1180. The third-order valence-electron chi connectivity index (χ3n) is 8.27. The fourth-order valence-electron chi connectivity index (χ4n) is 6.40. The lowest BCUT2D eigenvalue weighted by Crippen LogP contribution is -2.50. The lowest BCUT2D eigenvalue weighted by molar-refractivity contribution is -0.130. The Labute approximate surface area is 226 Å². The molecule has 1 aliphatic carbocycles. The second-order valence-corrected chi connectivity index (χ2v) is 12.9. The molecule has 4 unspecified atom stereocenters. The molecule has 4 atom stereocenters. The topological polar surface area (TPSA) is 40.6 Å². The average molecular weight is 517 g/mol. The highest BCUT2D eigenvalue weighted by Gasteiger charge is 2.40. The Morgan fingerprint density at radius 3 is 2.43 bits per heavy atom. The normalized spacial score (nSPS) is 27.4. The number of hydrogen-bond acceptors (Lipinski definition) is 3. The van der Waals surface area contributed by atoms with E-state index in [0.717, 1.165) is 42.0 Å². The molecule has 0 N–H and O–H groups in total. The Morgan fingerprint density at radius 2 is 1.70 bits per heavy atom. The highest BCUT2D eigenvalue weighted by Crippen LogP contribution is 2.43. The maximum atomic E-state index is 13.8. The minimum Gasteiger partial charge on any atom is -0.338 e. The highest BCUT2D eigenvalue weighted by molar-refractivity contribution is 8.04. The van der Waals surface area contributed by atoms with Crippen LogP contribution in [0.1, 0.15) is 78.6 Å². The van der Waals surface area contributed by atoms with Crippen molar-refractivity contribution in [2.24, 2.45) is 11.8 Å². The van der Waals surface area contributed by atoms with Crippen LogP contribution in [-0.4, -0.2) is 46.0 Å². The summed E-state index contributed by atoms with van der Waals surface area (Å²) in [5.74, 6) is 1.35. The highest BCUT2D eigenvalue weighted by atomic mass is 32.2. The number of nitrogens with zero attached hydrogens (tertiary/aromatic N) is 2. The molecule has 5 heteroatoms. The predicted octanol–water partition coefficient (Wildman–Crippen LogP) is 6.85. The van der Waals surface area contributed by atoms with Crippen LogP contribution in [0, 0.1) is 25.7 Å². The molecule has 2 amide bonds. The van der Waals surface area contributed by atoms with E-state index in [9.17, 15) is 9.59 Å². The van der Waals surface area contributed by atoms with Gasteiger partial charge in [-0.05, 0) is 79.8 Å². The summed E-state index contributed by atoms with van der Waals surface area (Å²) in [6.45, 7) is 11.0. The lowest BCUT2D eigenvalue weighted by atomic mass is 9.91. The molecule has 5 rings (SSSR count). The molecular weight excluding hydrogens is 476 g/mol. The summed E-state index contributed by atoms with van der Waals surface area (Å²) in [6, 6.07) is 14.7. The number of carbonyl (C=O) groups is 2. The molecule has 2 aliphatic heterocycles. The van der Waals surface area contributed by atoms with Crippen molar-refractivity contribution in [3.8, 4) is 0 Å². The van der Waals surface area contributed by atoms with Crippen LogP contribution in [0.15, 0.2) is 47.4 Å². The van der Waals surface area contributed by atoms with E-state index in [1.165, 1.54) is 36.0 Å². The van der Waals surface area contributed by atoms with Gasteiger partial charge < -0.3 is 9.80 Å². The molecule has 0 radical (unpaired) electrons. The number of likely N-dealkylation sites (tertiary alicyclic amines) is 1. The van der Waals surface area contributed by atoms with Crippen LogP contribution < -0.4 is 0 Å². The van der Waals surface area contributed by atoms with Crippen molar-refractivity contribution < 1.29 is 9.59 Å². The van der Waals surface area contributed by atoms with Gasteiger partial charge in [-0.2, -0.15) is 0 Å². The fraction of sp³-hybridized carbons (Fsp3) is 0.500. The molecule has 4 nitrogen and oxygen atoms in total. The molecule has 0 spiro atoms. The Kier molecular flexibility index (Phi) is 7.80. The molecule has 196 valence electrons. The number of benzene rings is 2. The summed E-state index contributed by atoms with van der Waals surface area (Å²) in [4.78, 5) is 31.9. The van der Waals surface area contributed by atoms with Crippen LogP contribution in [0.4, 0.5) is 0 Å². The van der Waals surface area contributed by atoms with Crippen LogP contribution in [0.3, 0.4) is 0 Å². The van der Waals surface area contributed by atoms with Crippen molar-refractivity contribution in [1.29, 1.82) is 0 Å². The summed E-state index contributed by atoms with van der Waals surface area (Å²) in [5.41, 5.74) is 5.43. The van der Waals surface area contributed by atoms with Crippen LogP contribution in [-0.2, 0) is 11.3 Å². The Balaban J connectivity index is 1.36. The largest absolute Gasteiger partial charge is 0.338 e. The first kappa shape index (κ1) is 26.1. The van der Waals surface area contributed by atoms with Gasteiger partial charge >= 0.3 is 0 Å². The molecule has 2 saturated heterocycles. The number of amides is 2. The van der Waals surface area contributed by atoms with Gasteiger partial charge in [0, 0.05) is 36.5 Å². The first-order valence-corrected chi connectivity index (χ1v) is 14.8. The van der Waals surface area contributed by atoms with Gasteiger partial charge in [0.25, 0.3) is 11.8 Å². The number of rotatable bonds is 4. The van der Waals surface area contributed by atoms with E-state index < -0.39 is 0 Å². The SMILES string of the molecule is Cc1ccc(C)c(CN2C(=O)/C(=C/c3ccc(C(=O)N4CC(C)CC(C)C4)cc3)SC3CCCCC32)c1. The van der Waals surface area contributed by atoms with Gasteiger partial charge in [0.1, 0.15) is 0 Å². The van der Waals surface area contributed by atoms with E-state index in [1.54, 1.807) is 11.8 Å². The van der Waals surface area contributed by atoms with Crippen LogP contribution >= 0.6 is 11.8 Å². The van der Waals surface area contributed by atoms with E-state index >= 15 is 0 Å². The average Bonchev–Trinajstić information content (AvgIpc) is 2.88. The van der Waals surface area contributed by atoms with Crippen LogP contribution in [0.2, 0.25) is 0 Å². The van der Waals surface area contributed by atoms with Gasteiger partial charge in [0.15, 0.2) is 0 Å². The molecule has 2 aromatic rings. The van der Waals surface area contributed by atoms with Gasteiger partial charge in [-0.3, -0.25) is 9.59 Å². The zero-order chi connectivity index (χ0) is 26.1. The summed E-state index contributed by atoms with van der Waals surface area (Å²) >= 11 is 1.77. The molecule has 3 aliphatic rings. The van der Waals surface area contributed by atoms with E-state index in [1.807, 2.05) is 35.2 Å². The maximum Gasteiger partial charge on any atom is 0.260 e. The molecule has 0 aromatic heterocycles. The summed E-state index contributed by atoms with van der Waals surface area (Å²) in [5, 5.41) is 0.451. The van der Waals surface area contributed by atoms with E-state index in [-0.39, 0.29) is 11.8 Å². The number of thioether (sulfide) groups is 1. The lowest BCUT2D eigenvalue weighted by Gasteiger charge is -2.44. The first-order valence-electron chi connectivity index (χ1n) is 13.9. The van der Waals surface area contributed by atoms with Gasteiger partial charge in [-0.25, -0.2) is 0 Å². The van der Waals surface area contributed by atoms with E-state index in [4.69, 9.17) is 0 Å². The van der Waals surface area contributed by atoms with Crippen molar-refractivity contribution in [3.05, 3.63) is 75.2 Å². The molecule has 3 fully saturated rings. The van der Waals surface area contributed by atoms with Crippen LogP contribution in [0.25, 0.3) is 6.08 Å². The second-order valence-electron chi connectivity index (χ2n) is 11.7. The number of fused-ring (bicyclic) bond motifs is 1. The van der Waals surface area contributed by atoms with Gasteiger partial charge in [-0.1, -0.05) is 62.6 Å².